The van der Waals surface area contributed by atoms with E-state index in [1.165, 1.54) is 22.3 Å². The van der Waals surface area contributed by atoms with Gasteiger partial charge < -0.3 is 0 Å². The van der Waals surface area contributed by atoms with Crippen molar-refractivity contribution in [2.45, 2.75) is 20.8 Å². The minimum absolute atomic E-state index is 0.567. The van der Waals surface area contributed by atoms with E-state index in [0.717, 1.165) is 0 Å². The molecule has 0 saturated carbocycles. The highest BCUT2D eigenvalue weighted by Gasteiger charge is 2.18. The van der Waals surface area contributed by atoms with E-state index in [1.54, 1.807) is 0 Å². The highest BCUT2D eigenvalue weighted by Crippen LogP contribution is 2.37. The summed E-state index contributed by atoms with van der Waals surface area (Å²) in [5.41, 5.74) is 5.73. The lowest BCUT2D eigenvalue weighted by Crippen LogP contribution is -1.92. The average molecular weight is 184 g/mol. The fourth-order valence-electron chi connectivity index (χ4n) is 2.23. The van der Waals surface area contributed by atoms with Crippen molar-refractivity contribution in [1.82, 2.24) is 0 Å². The van der Waals surface area contributed by atoms with Gasteiger partial charge in [0.05, 0.1) is 0 Å². The van der Waals surface area contributed by atoms with Crippen molar-refractivity contribution in [2.75, 3.05) is 0 Å². The maximum atomic E-state index is 2.34. The van der Waals surface area contributed by atoms with E-state index in [4.69, 9.17) is 0 Å². The van der Waals surface area contributed by atoms with Gasteiger partial charge in [0, 0.05) is 5.92 Å². The number of allylic oxidation sites excluding steroid dienone is 4. The lowest BCUT2D eigenvalue weighted by atomic mass is 9.95. The smallest absolute Gasteiger partial charge is 0.000403 e. The van der Waals surface area contributed by atoms with Gasteiger partial charge in [-0.1, -0.05) is 48.9 Å². The minimum atomic E-state index is 0.567. The molecule has 1 aromatic carbocycles. The second kappa shape index (κ2) is 3.45. The van der Waals surface area contributed by atoms with Crippen LogP contribution in [0.3, 0.4) is 0 Å². The average Bonchev–Trinajstić information content (AvgIpc) is 2.43. The van der Waals surface area contributed by atoms with Crippen LogP contribution in [0.15, 0.2) is 47.6 Å². The zero-order valence-electron chi connectivity index (χ0n) is 9.04. The van der Waals surface area contributed by atoms with E-state index in [0.29, 0.717) is 5.92 Å². The molecular weight excluding hydrogens is 168 g/mol. The molecule has 0 nitrogen and oxygen atoms in total. The van der Waals surface area contributed by atoms with Crippen molar-refractivity contribution in [3.8, 4) is 0 Å². The first kappa shape index (κ1) is 9.26. The van der Waals surface area contributed by atoms with Crippen LogP contribution in [0.4, 0.5) is 0 Å². The SMILES string of the molecule is CC1=CC(C)C(c2ccccc2)=C1C. The van der Waals surface area contributed by atoms with Gasteiger partial charge in [-0.25, -0.2) is 0 Å². The number of benzene rings is 1. The van der Waals surface area contributed by atoms with Gasteiger partial charge in [0.25, 0.3) is 0 Å². The summed E-state index contributed by atoms with van der Waals surface area (Å²) >= 11 is 0. The molecule has 72 valence electrons. The third kappa shape index (κ3) is 1.41. The summed E-state index contributed by atoms with van der Waals surface area (Å²) in [5.74, 6) is 0.567. The normalized spacial score (nSPS) is 21.4. The van der Waals surface area contributed by atoms with E-state index < -0.39 is 0 Å². The standard InChI is InChI=1S/C14H16/c1-10-9-11(2)14(12(10)3)13-7-5-4-6-8-13/h4-9,11H,1-3H3. The summed E-state index contributed by atoms with van der Waals surface area (Å²) in [6, 6.07) is 10.7. The lowest BCUT2D eigenvalue weighted by molar-refractivity contribution is 0.975. The molecule has 1 atom stereocenters. The van der Waals surface area contributed by atoms with Gasteiger partial charge in [-0.2, -0.15) is 0 Å². The van der Waals surface area contributed by atoms with Crippen LogP contribution in [0.2, 0.25) is 0 Å². The minimum Gasteiger partial charge on any atom is -0.0740 e. The van der Waals surface area contributed by atoms with E-state index in [1.807, 2.05) is 0 Å². The Morgan fingerprint density at radius 3 is 2.14 bits per heavy atom. The first-order chi connectivity index (χ1) is 6.70. The van der Waals surface area contributed by atoms with E-state index >= 15 is 0 Å². The van der Waals surface area contributed by atoms with Gasteiger partial charge in [0.15, 0.2) is 0 Å². The fraction of sp³-hybridized carbons (Fsp3) is 0.286. The maximum absolute atomic E-state index is 2.34. The van der Waals surface area contributed by atoms with Crippen LogP contribution in [0, 0.1) is 5.92 Å². The second-order valence-corrected chi connectivity index (χ2v) is 4.04. The van der Waals surface area contributed by atoms with Gasteiger partial charge in [-0.15, -0.1) is 0 Å². The zero-order chi connectivity index (χ0) is 10.1. The van der Waals surface area contributed by atoms with Crippen LogP contribution in [0.5, 0.6) is 0 Å². The molecule has 0 heteroatoms. The highest BCUT2D eigenvalue weighted by molar-refractivity contribution is 5.77. The number of hydrogen-bond acceptors (Lipinski definition) is 0. The molecule has 1 aliphatic rings. The van der Waals surface area contributed by atoms with Crippen molar-refractivity contribution in [2.24, 2.45) is 5.92 Å². The Kier molecular flexibility index (Phi) is 2.28. The first-order valence-corrected chi connectivity index (χ1v) is 5.15. The molecule has 0 fully saturated rings. The molecule has 1 aromatic rings. The molecule has 0 aromatic heterocycles. The summed E-state index contributed by atoms with van der Waals surface area (Å²) in [6.45, 7) is 6.68. The van der Waals surface area contributed by atoms with Crippen LogP contribution in [-0.2, 0) is 0 Å². The first-order valence-electron chi connectivity index (χ1n) is 5.15. The van der Waals surface area contributed by atoms with E-state index in [2.05, 4.69) is 57.2 Å². The summed E-state index contributed by atoms with van der Waals surface area (Å²) in [5, 5.41) is 0. The third-order valence-electron chi connectivity index (χ3n) is 3.04. The van der Waals surface area contributed by atoms with Crippen LogP contribution < -0.4 is 0 Å². The van der Waals surface area contributed by atoms with Gasteiger partial charge >= 0.3 is 0 Å². The van der Waals surface area contributed by atoms with E-state index in [9.17, 15) is 0 Å². The summed E-state index contributed by atoms with van der Waals surface area (Å²) in [4.78, 5) is 0. The summed E-state index contributed by atoms with van der Waals surface area (Å²) in [6.07, 6.45) is 2.34. The Hall–Kier alpha value is -1.30. The maximum Gasteiger partial charge on any atom is 0.000403 e. The van der Waals surface area contributed by atoms with Crippen molar-refractivity contribution < 1.29 is 0 Å². The van der Waals surface area contributed by atoms with Crippen LogP contribution in [-0.4, -0.2) is 0 Å². The highest BCUT2D eigenvalue weighted by atomic mass is 14.2. The third-order valence-corrected chi connectivity index (χ3v) is 3.04. The van der Waals surface area contributed by atoms with Gasteiger partial charge in [0.2, 0.25) is 0 Å². The lowest BCUT2D eigenvalue weighted by Gasteiger charge is -2.10. The predicted octanol–water partition coefficient (Wildman–Crippen LogP) is 4.06. The summed E-state index contributed by atoms with van der Waals surface area (Å²) < 4.78 is 0. The molecule has 0 N–H and O–H groups in total. The van der Waals surface area contributed by atoms with Crippen LogP contribution in [0.25, 0.3) is 5.57 Å². The molecule has 2 rings (SSSR count). The van der Waals surface area contributed by atoms with E-state index in [-0.39, 0.29) is 0 Å². The number of rotatable bonds is 1. The van der Waals surface area contributed by atoms with Gasteiger partial charge in [-0.05, 0) is 30.6 Å². The zero-order valence-corrected chi connectivity index (χ0v) is 9.04. The van der Waals surface area contributed by atoms with Crippen molar-refractivity contribution in [3.63, 3.8) is 0 Å². The quantitative estimate of drug-likeness (QED) is 0.617. The van der Waals surface area contributed by atoms with Crippen molar-refractivity contribution >= 4 is 5.57 Å². The van der Waals surface area contributed by atoms with Crippen molar-refractivity contribution in [1.29, 1.82) is 0 Å². The molecule has 0 saturated heterocycles. The van der Waals surface area contributed by atoms with Crippen LogP contribution in [0.1, 0.15) is 26.3 Å². The Labute approximate surface area is 86.0 Å². The molecule has 0 spiro atoms. The monoisotopic (exact) mass is 184 g/mol. The number of hydrogen-bond donors (Lipinski definition) is 0. The Morgan fingerprint density at radius 2 is 1.64 bits per heavy atom. The molecule has 0 radical (unpaired) electrons. The molecular formula is C14H16. The molecule has 0 amide bonds. The second-order valence-electron chi connectivity index (χ2n) is 4.04. The van der Waals surface area contributed by atoms with Crippen molar-refractivity contribution in [3.05, 3.63) is 53.1 Å². The summed E-state index contributed by atoms with van der Waals surface area (Å²) in [7, 11) is 0. The molecule has 0 heterocycles. The Bertz CT molecular complexity index is 393. The van der Waals surface area contributed by atoms with Gasteiger partial charge in [0.1, 0.15) is 0 Å². The fourth-order valence-corrected chi connectivity index (χ4v) is 2.23. The molecule has 0 bridgehead atoms. The Balaban J connectivity index is 2.47. The van der Waals surface area contributed by atoms with Gasteiger partial charge in [-0.3, -0.25) is 0 Å². The largest absolute Gasteiger partial charge is 0.0740 e. The molecule has 1 unspecified atom stereocenters. The molecule has 0 aliphatic heterocycles. The topological polar surface area (TPSA) is 0 Å². The predicted molar refractivity (Wildman–Crippen MR) is 62.0 cm³/mol. The van der Waals surface area contributed by atoms with Crippen LogP contribution >= 0.6 is 0 Å². The Morgan fingerprint density at radius 1 is 1.00 bits per heavy atom. The molecule has 1 aliphatic carbocycles. The molecule has 14 heavy (non-hydrogen) atoms.